The lowest BCUT2D eigenvalue weighted by molar-refractivity contribution is 0.175. The zero-order chi connectivity index (χ0) is 13.5. The molecule has 2 atom stereocenters. The molecule has 0 spiro atoms. The van der Waals surface area contributed by atoms with Gasteiger partial charge in [0.05, 0.1) is 6.04 Å². The molecule has 0 amide bonds. The zero-order valence-corrected chi connectivity index (χ0v) is 11.5. The van der Waals surface area contributed by atoms with E-state index in [1.54, 1.807) is 0 Å². The molecule has 102 valence electrons. The number of hydrogen-bond acceptors (Lipinski definition) is 2. The van der Waals surface area contributed by atoms with Gasteiger partial charge in [0.15, 0.2) is 0 Å². The van der Waals surface area contributed by atoms with E-state index in [4.69, 9.17) is 0 Å². The van der Waals surface area contributed by atoms with Crippen molar-refractivity contribution in [3.05, 3.63) is 54.1 Å². The molecule has 2 unspecified atom stereocenters. The summed E-state index contributed by atoms with van der Waals surface area (Å²) in [7, 11) is 0. The third-order valence-corrected chi connectivity index (χ3v) is 4.77. The zero-order valence-electron chi connectivity index (χ0n) is 11.5. The van der Waals surface area contributed by atoms with Crippen molar-refractivity contribution in [1.82, 2.24) is 0 Å². The molecule has 2 aliphatic rings. The number of piperidine rings is 1. The molecule has 2 nitrogen and oxygen atoms in total. The van der Waals surface area contributed by atoms with E-state index in [1.807, 2.05) is 0 Å². The molecule has 0 radical (unpaired) electrons. The Morgan fingerprint density at radius 2 is 1.75 bits per heavy atom. The van der Waals surface area contributed by atoms with Crippen molar-refractivity contribution in [1.29, 1.82) is 0 Å². The van der Waals surface area contributed by atoms with Crippen molar-refractivity contribution >= 4 is 5.69 Å². The molecule has 1 saturated heterocycles. The van der Waals surface area contributed by atoms with E-state index < -0.39 is 0 Å². The van der Waals surface area contributed by atoms with E-state index >= 15 is 0 Å². The predicted molar refractivity (Wildman–Crippen MR) is 81.8 cm³/mol. The second kappa shape index (κ2) is 4.64. The van der Waals surface area contributed by atoms with Gasteiger partial charge in [0.1, 0.15) is 0 Å². The van der Waals surface area contributed by atoms with Gasteiger partial charge in [-0.2, -0.15) is 0 Å². The van der Waals surface area contributed by atoms with Gasteiger partial charge in [-0.05, 0) is 30.0 Å². The van der Waals surface area contributed by atoms with Gasteiger partial charge in [0, 0.05) is 30.3 Å². The lowest BCUT2D eigenvalue weighted by atomic mass is 9.78. The lowest BCUT2D eigenvalue weighted by Gasteiger charge is -2.47. The Labute approximate surface area is 119 Å². The van der Waals surface area contributed by atoms with Crippen molar-refractivity contribution in [2.45, 2.75) is 18.9 Å². The Morgan fingerprint density at radius 3 is 2.60 bits per heavy atom. The molecule has 0 bridgehead atoms. The summed E-state index contributed by atoms with van der Waals surface area (Å²) in [5, 5.41) is 9.78. The molecule has 2 aromatic rings. The number of nitrogens with zero attached hydrogens (tertiary/aromatic N) is 1. The van der Waals surface area contributed by atoms with Gasteiger partial charge in [-0.3, -0.25) is 0 Å². The number of aliphatic hydroxyl groups excluding tert-OH is 1. The van der Waals surface area contributed by atoms with Crippen LogP contribution in [-0.2, 0) is 0 Å². The van der Waals surface area contributed by atoms with Crippen molar-refractivity contribution in [2.24, 2.45) is 5.92 Å². The molecule has 1 N–H and O–H groups in total. The lowest BCUT2D eigenvalue weighted by Crippen LogP contribution is -2.42. The minimum Gasteiger partial charge on any atom is -0.396 e. The second-order valence-corrected chi connectivity index (χ2v) is 5.83. The highest BCUT2D eigenvalue weighted by Crippen LogP contribution is 2.49. The van der Waals surface area contributed by atoms with E-state index in [0.29, 0.717) is 12.0 Å². The Hall–Kier alpha value is -1.80. The van der Waals surface area contributed by atoms with Crippen LogP contribution in [0.1, 0.15) is 24.4 Å². The predicted octanol–water partition coefficient (Wildman–Crippen LogP) is 3.62. The van der Waals surface area contributed by atoms with Crippen LogP contribution in [0, 0.1) is 5.92 Å². The van der Waals surface area contributed by atoms with Crippen LogP contribution in [-0.4, -0.2) is 18.3 Å². The normalized spacial score (nSPS) is 23.8. The maximum absolute atomic E-state index is 9.78. The highest BCUT2D eigenvalue weighted by Gasteiger charge is 2.37. The van der Waals surface area contributed by atoms with E-state index in [1.165, 1.54) is 22.4 Å². The third-order valence-electron chi connectivity index (χ3n) is 4.77. The van der Waals surface area contributed by atoms with E-state index in [2.05, 4.69) is 53.4 Å². The maximum atomic E-state index is 9.78. The van der Waals surface area contributed by atoms with Crippen molar-refractivity contribution < 1.29 is 5.11 Å². The number of fused-ring (bicyclic) bond motifs is 6. The summed E-state index contributed by atoms with van der Waals surface area (Å²) in [6.45, 7) is 1.37. The number of benzene rings is 2. The van der Waals surface area contributed by atoms with Gasteiger partial charge >= 0.3 is 0 Å². The molecular weight excluding hydrogens is 246 g/mol. The number of aliphatic hydroxyl groups is 1. The van der Waals surface area contributed by atoms with Gasteiger partial charge < -0.3 is 10.0 Å². The Kier molecular flexibility index (Phi) is 2.78. The Morgan fingerprint density at radius 1 is 1.00 bits per heavy atom. The number of rotatable bonds is 1. The summed E-state index contributed by atoms with van der Waals surface area (Å²) in [5.41, 5.74) is 5.38. The summed E-state index contributed by atoms with van der Waals surface area (Å²) in [6.07, 6.45) is 2.28. The molecule has 2 aromatic carbocycles. The van der Waals surface area contributed by atoms with Crippen LogP contribution in [0.5, 0.6) is 0 Å². The molecular formula is C18H19NO. The van der Waals surface area contributed by atoms with Gasteiger partial charge in [-0.1, -0.05) is 42.5 Å². The first-order chi connectivity index (χ1) is 9.90. The fourth-order valence-corrected chi connectivity index (χ4v) is 3.91. The van der Waals surface area contributed by atoms with Crippen LogP contribution in [0.3, 0.4) is 0 Å². The summed E-state index contributed by atoms with van der Waals surface area (Å²) >= 11 is 0. The Balaban J connectivity index is 1.96. The van der Waals surface area contributed by atoms with Crippen molar-refractivity contribution in [2.75, 3.05) is 18.1 Å². The Bertz CT molecular complexity index is 637. The summed E-state index contributed by atoms with van der Waals surface area (Å²) < 4.78 is 0. The molecule has 2 heterocycles. The van der Waals surface area contributed by atoms with Gasteiger partial charge in [-0.25, -0.2) is 0 Å². The van der Waals surface area contributed by atoms with E-state index in [-0.39, 0.29) is 6.61 Å². The molecule has 2 heteroatoms. The molecule has 0 aromatic heterocycles. The van der Waals surface area contributed by atoms with Crippen molar-refractivity contribution in [3.63, 3.8) is 0 Å². The maximum Gasteiger partial charge on any atom is 0.0598 e. The van der Waals surface area contributed by atoms with Gasteiger partial charge in [-0.15, -0.1) is 0 Å². The van der Waals surface area contributed by atoms with E-state index in [0.717, 1.165) is 19.4 Å². The fraction of sp³-hybridized carbons (Fsp3) is 0.333. The first kappa shape index (κ1) is 12.0. The van der Waals surface area contributed by atoms with Crippen LogP contribution >= 0.6 is 0 Å². The standard InChI is InChI=1S/C18H19NO/c20-12-13-6-5-11-19-17-10-4-3-8-15(17)14-7-1-2-9-16(14)18(13)19/h1-4,7-10,13,18,20H,5-6,11-12H2. The number of hydrogen-bond donors (Lipinski definition) is 1. The van der Waals surface area contributed by atoms with Gasteiger partial charge in [0.25, 0.3) is 0 Å². The second-order valence-electron chi connectivity index (χ2n) is 5.83. The van der Waals surface area contributed by atoms with Gasteiger partial charge in [0.2, 0.25) is 0 Å². The van der Waals surface area contributed by atoms with Crippen LogP contribution < -0.4 is 4.90 Å². The molecule has 4 rings (SSSR count). The monoisotopic (exact) mass is 265 g/mol. The van der Waals surface area contributed by atoms with Crippen LogP contribution in [0.4, 0.5) is 5.69 Å². The highest BCUT2D eigenvalue weighted by molar-refractivity contribution is 5.84. The molecule has 0 saturated carbocycles. The van der Waals surface area contributed by atoms with Crippen LogP contribution in [0.25, 0.3) is 11.1 Å². The molecule has 2 aliphatic heterocycles. The number of anilines is 1. The summed E-state index contributed by atoms with van der Waals surface area (Å²) in [5.74, 6) is 0.346. The van der Waals surface area contributed by atoms with Crippen LogP contribution in [0.15, 0.2) is 48.5 Å². The van der Waals surface area contributed by atoms with Crippen molar-refractivity contribution in [3.8, 4) is 11.1 Å². The quantitative estimate of drug-likeness (QED) is 0.851. The minimum absolute atomic E-state index is 0.275. The largest absolute Gasteiger partial charge is 0.396 e. The number of para-hydroxylation sites is 1. The minimum atomic E-state index is 0.275. The molecule has 0 aliphatic carbocycles. The first-order valence-electron chi connectivity index (χ1n) is 7.46. The first-order valence-corrected chi connectivity index (χ1v) is 7.46. The molecule has 20 heavy (non-hydrogen) atoms. The molecule has 1 fully saturated rings. The topological polar surface area (TPSA) is 23.5 Å². The summed E-state index contributed by atoms with van der Waals surface area (Å²) in [4.78, 5) is 2.50. The highest BCUT2D eigenvalue weighted by atomic mass is 16.3. The average Bonchev–Trinajstić information content (AvgIpc) is 2.54. The average molecular weight is 265 g/mol. The summed E-state index contributed by atoms with van der Waals surface area (Å²) in [6, 6.07) is 17.7. The van der Waals surface area contributed by atoms with Crippen LogP contribution in [0.2, 0.25) is 0 Å². The SMILES string of the molecule is OCC1CCCN2c3ccccc3-c3ccccc3C12. The van der Waals surface area contributed by atoms with E-state index in [9.17, 15) is 5.11 Å². The smallest absolute Gasteiger partial charge is 0.0598 e. The fourth-order valence-electron chi connectivity index (χ4n) is 3.91. The third kappa shape index (κ3) is 1.61.